The van der Waals surface area contributed by atoms with Gasteiger partial charge in [0.15, 0.2) is 0 Å². The van der Waals surface area contributed by atoms with Gasteiger partial charge in [0.05, 0.1) is 17.1 Å². The van der Waals surface area contributed by atoms with E-state index in [2.05, 4.69) is 11.0 Å². The summed E-state index contributed by atoms with van der Waals surface area (Å²) in [5, 5.41) is 20.2. The zero-order valence-corrected chi connectivity index (χ0v) is 9.78. The van der Waals surface area contributed by atoms with Crippen LogP contribution < -0.4 is 0 Å². The van der Waals surface area contributed by atoms with Crippen LogP contribution in [0.25, 0.3) is 0 Å². The van der Waals surface area contributed by atoms with Gasteiger partial charge in [-0.2, -0.15) is 5.26 Å². The Morgan fingerprint density at radius 1 is 1.19 bits per heavy atom. The molecule has 1 aliphatic carbocycles. The van der Waals surface area contributed by atoms with E-state index in [1.807, 2.05) is 0 Å². The minimum atomic E-state index is -0.689. The van der Waals surface area contributed by atoms with Crippen molar-refractivity contribution < 1.29 is 5.11 Å². The number of rotatable bonds is 1. The molecule has 3 rings (SSSR count). The van der Waals surface area contributed by atoms with Crippen LogP contribution in [0.4, 0.5) is 0 Å². The fourth-order valence-electron chi connectivity index (χ4n) is 3.89. The van der Waals surface area contributed by atoms with Crippen molar-refractivity contribution in [1.29, 1.82) is 5.26 Å². The van der Waals surface area contributed by atoms with Gasteiger partial charge in [-0.25, -0.2) is 0 Å². The number of hydrogen-bond donors (Lipinski definition) is 1. The minimum Gasteiger partial charge on any atom is -0.388 e. The molecule has 0 aromatic rings. The zero-order chi connectivity index (χ0) is 11.2. The van der Waals surface area contributed by atoms with Crippen molar-refractivity contribution in [2.45, 2.75) is 56.6 Å². The largest absolute Gasteiger partial charge is 0.388 e. The highest BCUT2D eigenvalue weighted by Gasteiger charge is 2.57. The summed E-state index contributed by atoms with van der Waals surface area (Å²) in [5.41, 5.74) is -1.09. The van der Waals surface area contributed by atoms with Gasteiger partial charge in [0.1, 0.15) is 0 Å². The number of hydrogen-bond acceptors (Lipinski definition) is 3. The molecule has 2 saturated heterocycles. The maximum Gasteiger partial charge on any atom is 0.0861 e. The van der Waals surface area contributed by atoms with Crippen LogP contribution in [0.15, 0.2) is 0 Å². The third-order valence-corrected chi connectivity index (χ3v) is 5.20. The van der Waals surface area contributed by atoms with E-state index in [0.29, 0.717) is 6.04 Å². The highest BCUT2D eigenvalue weighted by Crippen LogP contribution is 2.54. The third-order valence-electron chi connectivity index (χ3n) is 5.20. The topological polar surface area (TPSA) is 47.3 Å². The van der Waals surface area contributed by atoms with Crippen molar-refractivity contribution in [2.75, 3.05) is 13.1 Å². The molecule has 1 saturated carbocycles. The molecular weight excluding hydrogens is 200 g/mol. The predicted molar refractivity (Wildman–Crippen MR) is 60.7 cm³/mol. The maximum atomic E-state index is 10.8. The van der Waals surface area contributed by atoms with E-state index in [-0.39, 0.29) is 0 Å². The molecule has 0 radical (unpaired) electrons. The Kier molecular flexibility index (Phi) is 2.28. The summed E-state index contributed by atoms with van der Waals surface area (Å²) < 4.78 is 0. The van der Waals surface area contributed by atoms with Gasteiger partial charge in [0.2, 0.25) is 0 Å². The minimum absolute atomic E-state index is 0.401. The number of aliphatic hydroxyl groups is 1. The van der Waals surface area contributed by atoms with Gasteiger partial charge in [-0.1, -0.05) is 6.42 Å². The predicted octanol–water partition coefficient (Wildman–Crippen LogP) is 1.67. The molecule has 0 amide bonds. The number of nitrogens with zero attached hydrogens (tertiary/aromatic N) is 2. The van der Waals surface area contributed by atoms with Gasteiger partial charge in [-0.15, -0.1) is 0 Å². The van der Waals surface area contributed by atoms with Crippen molar-refractivity contribution in [3.05, 3.63) is 0 Å². The summed E-state index contributed by atoms with van der Waals surface area (Å²) in [6, 6.07) is 2.98. The van der Waals surface area contributed by atoms with Crippen molar-refractivity contribution in [3.8, 4) is 6.07 Å². The lowest BCUT2D eigenvalue weighted by atomic mass is 9.56. The van der Waals surface area contributed by atoms with Crippen LogP contribution in [0.2, 0.25) is 0 Å². The van der Waals surface area contributed by atoms with E-state index in [9.17, 15) is 10.4 Å². The lowest BCUT2D eigenvalue weighted by Crippen LogP contribution is -2.59. The fraction of sp³-hybridized carbons (Fsp3) is 0.923. The summed E-state index contributed by atoms with van der Waals surface area (Å²) in [4.78, 5) is 2.50. The highest BCUT2D eigenvalue weighted by molar-refractivity contribution is 5.18. The monoisotopic (exact) mass is 220 g/mol. The first-order valence-electron chi connectivity index (χ1n) is 6.57. The Labute approximate surface area is 97.0 Å². The van der Waals surface area contributed by atoms with Crippen molar-refractivity contribution in [1.82, 2.24) is 4.90 Å². The Morgan fingerprint density at radius 3 is 2.62 bits per heavy atom. The first-order valence-corrected chi connectivity index (χ1v) is 6.57. The average Bonchev–Trinajstić information content (AvgIpc) is 2.63. The van der Waals surface area contributed by atoms with Crippen LogP contribution in [0.1, 0.15) is 44.9 Å². The smallest absolute Gasteiger partial charge is 0.0861 e. The van der Waals surface area contributed by atoms with Gasteiger partial charge in [0, 0.05) is 12.6 Å². The molecule has 16 heavy (non-hydrogen) atoms. The molecule has 2 aliphatic heterocycles. The summed E-state index contributed by atoms with van der Waals surface area (Å²) in [5.74, 6) is 0. The SMILES string of the molecule is N#CC1(C2(O)CCN3CCCC3C2)CCC1. The molecule has 0 aromatic heterocycles. The molecule has 0 aromatic carbocycles. The molecule has 2 atom stereocenters. The molecule has 88 valence electrons. The van der Waals surface area contributed by atoms with E-state index < -0.39 is 11.0 Å². The van der Waals surface area contributed by atoms with E-state index in [1.54, 1.807) is 0 Å². The molecule has 1 N–H and O–H groups in total. The number of nitriles is 1. The van der Waals surface area contributed by atoms with Crippen molar-refractivity contribution >= 4 is 0 Å². The van der Waals surface area contributed by atoms with Gasteiger partial charge in [-0.3, -0.25) is 0 Å². The molecule has 3 nitrogen and oxygen atoms in total. The van der Waals surface area contributed by atoms with Crippen molar-refractivity contribution in [2.24, 2.45) is 5.41 Å². The highest BCUT2D eigenvalue weighted by atomic mass is 16.3. The van der Waals surface area contributed by atoms with E-state index in [1.165, 1.54) is 19.4 Å². The molecule has 0 bridgehead atoms. The van der Waals surface area contributed by atoms with Crippen LogP contribution in [0.3, 0.4) is 0 Å². The maximum absolute atomic E-state index is 10.8. The van der Waals surface area contributed by atoms with E-state index in [4.69, 9.17) is 0 Å². The van der Waals surface area contributed by atoms with Gasteiger partial charge in [0.25, 0.3) is 0 Å². The molecule has 3 aliphatic rings. The summed E-state index contributed by atoms with van der Waals surface area (Å²) >= 11 is 0. The Balaban J connectivity index is 1.81. The first kappa shape index (κ1) is 10.6. The van der Waals surface area contributed by atoms with Crippen LogP contribution in [-0.4, -0.2) is 34.7 Å². The molecule has 3 fully saturated rings. The quantitative estimate of drug-likeness (QED) is 0.731. The van der Waals surface area contributed by atoms with Crippen LogP contribution in [0, 0.1) is 16.7 Å². The normalized spacial score (nSPS) is 42.1. The van der Waals surface area contributed by atoms with E-state index >= 15 is 0 Å². The molecular formula is C13H20N2O. The lowest BCUT2D eigenvalue weighted by Gasteiger charge is -2.53. The lowest BCUT2D eigenvalue weighted by molar-refractivity contribution is -0.136. The number of piperidine rings is 1. The second-order valence-electron chi connectivity index (χ2n) is 5.87. The van der Waals surface area contributed by atoms with Crippen molar-refractivity contribution in [3.63, 3.8) is 0 Å². The summed E-state index contributed by atoms with van der Waals surface area (Å²) in [7, 11) is 0. The summed E-state index contributed by atoms with van der Waals surface area (Å²) in [6.45, 7) is 2.19. The molecule has 3 heteroatoms. The Bertz CT molecular complexity index is 331. The van der Waals surface area contributed by atoms with Crippen LogP contribution >= 0.6 is 0 Å². The first-order chi connectivity index (χ1) is 7.69. The third kappa shape index (κ3) is 1.26. The molecule has 0 spiro atoms. The van der Waals surface area contributed by atoms with E-state index in [0.717, 1.165) is 38.6 Å². The summed E-state index contributed by atoms with van der Waals surface area (Å²) in [6.07, 6.45) is 7.05. The Morgan fingerprint density at radius 2 is 2.00 bits per heavy atom. The number of fused-ring (bicyclic) bond motifs is 1. The fourth-order valence-corrected chi connectivity index (χ4v) is 3.89. The zero-order valence-electron chi connectivity index (χ0n) is 9.78. The van der Waals surface area contributed by atoms with Crippen LogP contribution in [0.5, 0.6) is 0 Å². The van der Waals surface area contributed by atoms with Gasteiger partial charge < -0.3 is 10.0 Å². The Hall–Kier alpha value is -0.590. The molecule has 2 heterocycles. The second kappa shape index (κ2) is 3.45. The standard InChI is InChI=1S/C13H20N2O/c14-10-12(4-2-5-12)13(16)6-8-15-7-1-3-11(15)9-13/h11,16H,1-9H2. The second-order valence-corrected chi connectivity index (χ2v) is 5.87. The van der Waals surface area contributed by atoms with Gasteiger partial charge in [-0.05, 0) is 45.1 Å². The van der Waals surface area contributed by atoms with Gasteiger partial charge >= 0.3 is 0 Å². The average molecular weight is 220 g/mol. The van der Waals surface area contributed by atoms with Crippen LogP contribution in [-0.2, 0) is 0 Å². The molecule has 2 unspecified atom stereocenters.